The second kappa shape index (κ2) is 9.46. The molecule has 1 aromatic carbocycles. The summed E-state index contributed by atoms with van der Waals surface area (Å²) in [6, 6.07) is 8.07. The van der Waals surface area contributed by atoms with Crippen molar-refractivity contribution in [1.29, 1.82) is 0 Å². The van der Waals surface area contributed by atoms with E-state index in [4.69, 9.17) is 5.73 Å². The van der Waals surface area contributed by atoms with Crippen molar-refractivity contribution in [2.75, 3.05) is 5.01 Å². The Kier molecular flexibility index (Phi) is 7.60. The average molecular weight is 314 g/mol. The van der Waals surface area contributed by atoms with Crippen LogP contribution >= 0.6 is 0 Å². The summed E-state index contributed by atoms with van der Waals surface area (Å²) < 4.78 is 0. The Balaban J connectivity index is 3.10. The molecule has 5 heteroatoms. The Morgan fingerprint density at radius 1 is 1.30 bits per heavy atom. The highest BCUT2D eigenvalue weighted by Crippen LogP contribution is 2.29. The molecule has 5 nitrogen and oxygen atoms in total. The monoisotopic (exact) mass is 314 g/mol. The lowest BCUT2D eigenvalue weighted by Crippen LogP contribution is -2.23. The number of hydrogen-bond acceptors (Lipinski definition) is 4. The SMILES string of the molecule is C/C=C(\C/C=N/N(/C(N)=C/C)c1ccccc1C(C)C)NC=O. The number of carbonyl (C=O) groups is 1. The third-order valence-corrected chi connectivity index (χ3v) is 3.43. The fourth-order valence-electron chi connectivity index (χ4n) is 2.12. The van der Waals surface area contributed by atoms with Gasteiger partial charge in [0.15, 0.2) is 0 Å². The number of amides is 1. The average Bonchev–Trinajstić information content (AvgIpc) is 2.57. The topological polar surface area (TPSA) is 70.7 Å². The zero-order valence-corrected chi connectivity index (χ0v) is 14.3. The molecule has 124 valence electrons. The van der Waals surface area contributed by atoms with Crippen LogP contribution in [0.1, 0.15) is 45.6 Å². The number of nitrogens with two attached hydrogens (primary N) is 1. The summed E-state index contributed by atoms with van der Waals surface area (Å²) in [5.74, 6) is 0.913. The van der Waals surface area contributed by atoms with Gasteiger partial charge in [0, 0.05) is 18.3 Å². The van der Waals surface area contributed by atoms with Crippen molar-refractivity contribution in [1.82, 2.24) is 5.32 Å². The minimum Gasteiger partial charge on any atom is -0.384 e. The number of hydrogen-bond donors (Lipinski definition) is 2. The van der Waals surface area contributed by atoms with Crippen LogP contribution in [0.15, 0.2) is 53.0 Å². The lowest BCUT2D eigenvalue weighted by atomic mass is 10.0. The highest BCUT2D eigenvalue weighted by Gasteiger charge is 2.13. The molecule has 1 aromatic rings. The number of benzene rings is 1. The molecule has 0 bridgehead atoms. The lowest BCUT2D eigenvalue weighted by molar-refractivity contribution is -0.108. The number of para-hydroxylation sites is 1. The van der Waals surface area contributed by atoms with Crippen LogP contribution in [0.2, 0.25) is 0 Å². The van der Waals surface area contributed by atoms with Crippen molar-refractivity contribution in [3.05, 3.63) is 53.5 Å². The largest absolute Gasteiger partial charge is 0.384 e. The van der Waals surface area contributed by atoms with E-state index in [1.807, 2.05) is 44.2 Å². The Morgan fingerprint density at radius 3 is 2.57 bits per heavy atom. The van der Waals surface area contributed by atoms with Gasteiger partial charge in [-0.2, -0.15) is 5.10 Å². The number of hydrazone groups is 1. The van der Waals surface area contributed by atoms with Crippen LogP contribution in [-0.2, 0) is 4.79 Å². The molecule has 0 radical (unpaired) electrons. The summed E-state index contributed by atoms with van der Waals surface area (Å²) >= 11 is 0. The number of carbonyl (C=O) groups excluding carboxylic acids is 1. The molecule has 23 heavy (non-hydrogen) atoms. The molecule has 0 spiro atoms. The van der Waals surface area contributed by atoms with Crippen LogP contribution in [0.5, 0.6) is 0 Å². The highest BCUT2D eigenvalue weighted by atomic mass is 16.1. The van der Waals surface area contributed by atoms with Crippen LogP contribution in [0, 0.1) is 0 Å². The van der Waals surface area contributed by atoms with Crippen molar-refractivity contribution < 1.29 is 4.79 Å². The van der Waals surface area contributed by atoms with Crippen LogP contribution in [0.25, 0.3) is 0 Å². The summed E-state index contributed by atoms with van der Waals surface area (Å²) in [6.45, 7) is 8.02. The van der Waals surface area contributed by atoms with E-state index in [1.54, 1.807) is 11.2 Å². The van der Waals surface area contributed by atoms with Gasteiger partial charge in [0.05, 0.1) is 5.69 Å². The third-order valence-electron chi connectivity index (χ3n) is 3.43. The molecule has 1 amide bonds. The number of rotatable bonds is 8. The molecule has 0 aromatic heterocycles. The first-order valence-electron chi connectivity index (χ1n) is 7.73. The van der Waals surface area contributed by atoms with Crippen LogP contribution < -0.4 is 16.1 Å². The maximum atomic E-state index is 10.5. The van der Waals surface area contributed by atoms with Gasteiger partial charge in [-0.25, -0.2) is 5.01 Å². The lowest BCUT2D eigenvalue weighted by Gasteiger charge is -2.23. The maximum absolute atomic E-state index is 10.5. The summed E-state index contributed by atoms with van der Waals surface area (Å²) in [4.78, 5) is 10.5. The van der Waals surface area contributed by atoms with Gasteiger partial charge >= 0.3 is 0 Å². The molecule has 3 N–H and O–H groups in total. The highest BCUT2D eigenvalue weighted by molar-refractivity contribution is 5.67. The maximum Gasteiger partial charge on any atom is 0.211 e. The van der Waals surface area contributed by atoms with Gasteiger partial charge in [0.2, 0.25) is 6.41 Å². The number of anilines is 1. The first kappa shape index (κ1) is 18.5. The Hall–Kier alpha value is -2.56. The molecule has 0 aliphatic heterocycles. The first-order valence-corrected chi connectivity index (χ1v) is 7.73. The molecule has 0 heterocycles. The molecule has 0 saturated carbocycles. The number of allylic oxidation sites excluding steroid dienone is 3. The number of nitrogens with zero attached hydrogens (tertiary/aromatic N) is 2. The third kappa shape index (κ3) is 5.29. The van der Waals surface area contributed by atoms with Gasteiger partial charge in [-0.05, 0) is 37.5 Å². The van der Waals surface area contributed by atoms with E-state index in [0.717, 1.165) is 11.4 Å². The summed E-state index contributed by atoms with van der Waals surface area (Å²) in [5.41, 5.74) is 9.04. The van der Waals surface area contributed by atoms with Gasteiger partial charge in [-0.1, -0.05) is 38.1 Å². The second-order valence-corrected chi connectivity index (χ2v) is 5.32. The molecule has 0 atom stereocenters. The Bertz CT molecular complexity index is 603. The predicted octanol–water partition coefficient (Wildman–Crippen LogP) is 3.46. The Morgan fingerprint density at radius 2 is 2.00 bits per heavy atom. The van der Waals surface area contributed by atoms with Crippen molar-refractivity contribution in [2.24, 2.45) is 10.8 Å². The summed E-state index contributed by atoms with van der Waals surface area (Å²) in [7, 11) is 0. The quantitative estimate of drug-likeness (QED) is 0.438. The van der Waals surface area contributed by atoms with Gasteiger partial charge in [0.25, 0.3) is 0 Å². The molecule has 0 saturated heterocycles. The zero-order valence-electron chi connectivity index (χ0n) is 14.3. The molecular formula is C18H26N4O. The standard InChI is InChI=1S/C18H26N4O/c1-5-15(20-13-23)11-12-21-22(18(19)6-2)17-10-8-7-9-16(17)14(3)4/h5-10,12-14H,11,19H2,1-4H3,(H,20,23)/b15-5+,18-6+,21-12+. The van der Waals surface area contributed by atoms with E-state index in [2.05, 4.69) is 30.3 Å². The Labute approximate surface area is 138 Å². The minimum absolute atomic E-state index is 0.358. The zero-order chi connectivity index (χ0) is 17.2. The minimum atomic E-state index is 0.358. The van der Waals surface area contributed by atoms with E-state index >= 15 is 0 Å². The molecule has 0 aliphatic rings. The van der Waals surface area contributed by atoms with E-state index in [-0.39, 0.29) is 0 Å². The van der Waals surface area contributed by atoms with E-state index in [9.17, 15) is 4.79 Å². The van der Waals surface area contributed by atoms with E-state index in [0.29, 0.717) is 24.6 Å². The smallest absolute Gasteiger partial charge is 0.211 e. The molecular weight excluding hydrogens is 288 g/mol. The molecule has 0 aliphatic carbocycles. The van der Waals surface area contributed by atoms with E-state index in [1.165, 1.54) is 5.56 Å². The van der Waals surface area contributed by atoms with Crippen LogP contribution in [-0.4, -0.2) is 12.6 Å². The van der Waals surface area contributed by atoms with E-state index < -0.39 is 0 Å². The van der Waals surface area contributed by atoms with Gasteiger partial charge < -0.3 is 11.1 Å². The van der Waals surface area contributed by atoms with Crippen molar-refractivity contribution in [3.63, 3.8) is 0 Å². The molecule has 1 rings (SSSR count). The number of nitrogens with one attached hydrogen (secondary N) is 1. The summed E-state index contributed by atoms with van der Waals surface area (Å²) in [5, 5.41) is 8.87. The van der Waals surface area contributed by atoms with Crippen molar-refractivity contribution in [2.45, 2.75) is 40.0 Å². The summed E-state index contributed by atoms with van der Waals surface area (Å²) in [6.07, 6.45) is 6.57. The fourth-order valence-corrected chi connectivity index (χ4v) is 2.12. The van der Waals surface area contributed by atoms with Gasteiger partial charge in [-0.15, -0.1) is 0 Å². The normalized spacial score (nSPS) is 12.7. The van der Waals surface area contributed by atoms with Gasteiger partial charge in [0.1, 0.15) is 5.82 Å². The van der Waals surface area contributed by atoms with Crippen LogP contribution in [0.3, 0.4) is 0 Å². The van der Waals surface area contributed by atoms with Crippen molar-refractivity contribution in [3.8, 4) is 0 Å². The van der Waals surface area contributed by atoms with Gasteiger partial charge in [-0.3, -0.25) is 4.79 Å². The van der Waals surface area contributed by atoms with Crippen LogP contribution in [0.4, 0.5) is 5.69 Å². The van der Waals surface area contributed by atoms with Crippen molar-refractivity contribution >= 4 is 18.3 Å². The molecule has 0 unspecified atom stereocenters. The predicted molar refractivity (Wildman–Crippen MR) is 97.0 cm³/mol. The second-order valence-electron chi connectivity index (χ2n) is 5.32. The first-order chi connectivity index (χ1) is 11.0. The fraction of sp³-hybridized carbons (Fsp3) is 0.333. The molecule has 0 fully saturated rings.